The summed E-state index contributed by atoms with van der Waals surface area (Å²) in [6.45, 7) is 0. The molecule has 0 radical (unpaired) electrons. The number of para-hydroxylation sites is 2. The normalized spacial score (nSPS) is 10.6. The molecule has 2 heterocycles. The van der Waals surface area contributed by atoms with Crippen molar-refractivity contribution in [2.45, 2.75) is 0 Å². The van der Waals surface area contributed by atoms with E-state index in [0.717, 1.165) is 11.1 Å². The number of fused-ring (bicyclic) bond motifs is 1. The maximum absolute atomic E-state index is 5.61. The molecule has 4 heteroatoms. The fraction of sp³-hybridized carbons (Fsp3) is 0.0769. The van der Waals surface area contributed by atoms with Crippen LogP contribution in [0.25, 0.3) is 22.7 Å². The van der Waals surface area contributed by atoms with E-state index in [1.54, 1.807) is 13.3 Å². The minimum atomic E-state index is 0.522. The Bertz CT molecular complexity index is 611. The Balaban J connectivity index is 2.07. The van der Waals surface area contributed by atoms with Crippen molar-refractivity contribution >= 4 is 11.1 Å². The van der Waals surface area contributed by atoms with Gasteiger partial charge in [-0.05, 0) is 24.3 Å². The van der Waals surface area contributed by atoms with E-state index in [0.29, 0.717) is 17.3 Å². The fourth-order valence-corrected chi connectivity index (χ4v) is 1.61. The molecule has 0 atom stereocenters. The van der Waals surface area contributed by atoms with E-state index in [4.69, 9.17) is 9.15 Å². The summed E-state index contributed by atoms with van der Waals surface area (Å²) in [5.74, 6) is 1.23. The topological polar surface area (TPSA) is 48.2 Å². The van der Waals surface area contributed by atoms with Crippen LogP contribution in [0.3, 0.4) is 0 Å². The number of ether oxygens (including phenoxy) is 1. The molecule has 0 aliphatic rings. The Morgan fingerprint density at radius 2 is 2.00 bits per heavy atom. The average Bonchev–Trinajstić information content (AvgIpc) is 2.82. The molecule has 0 fully saturated rings. The minimum Gasteiger partial charge on any atom is -0.495 e. The summed E-state index contributed by atoms with van der Waals surface area (Å²) < 4.78 is 10.7. The maximum atomic E-state index is 5.61. The summed E-state index contributed by atoms with van der Waals surface area (Å²) in [5.41, 5.74) is 2.29. The van der Waals surface area contributed by atoms with Gasteiger partial charge in [0.25, 0.3) is 0 Å². The van der Waals surface area contributed by atoms with Crippen LogP contribution in [0.4, 0.5) is 0 Å². The number of methoxy groups -OCH3 is 1. The summed E-state index contributed by atoms with van der Waals surface area (Å²) in [7, 11) is 1.61. The minimum absolute atomic E-state index is 0.522. The molecular weight excluding hydrogens is 216 g/mol. The Kier molecular flexibility index (Phi) is 2.26. The van der Waals surface area contributed by atoms with Crippen LogP contribution in [0.2, 0.25) is 0 Å². The maximum Gasteiger partial charge on any atom is 0.246 e. The lowest BCUT2D eigenvalue weighted by Crippen LogP contribution is -1.86. The third kappa shape index (κ3) is 1.73. The zero-order valence-corrected chi connectivity index (χ0v) is 9.25. The van der Waals surface area contributed by atoms with Gasteiger partial charge in [0.15, 0.2) is 5.58 Å². The average molecular weight is 226 g/mol. The Morgan fingerprint density at radius 1 is 1.12 bits per heavy atom. The number of hydrogen-bond acceptors (Lipinski definition) is 4. The van der Waals surface area contributed by atoms with Gasteiger partial charge in [-0.2, -0.15) is 0 Å². The molecule has 0 saturated carbocycles. The summed E-state index contributed by atoms with van der Waals surface area (Å²) >= 11 is 0. The molecular formula is C13H10N2O2. The second-order valence-corrected chi connectivity index (χ2v) is 3.57. The number of benzene rings is 1. The van der Waals surface area contributed by atoms with E-state index in [1.807, 2.05) is 36.4 Å². The van der Waals surface area contributed by atoms with E-state index in [9.17, 15) is 0 Å². The van der Waals surface area contributed by atoms with Crippen molar-refractivity contribution in [2.24, 2.45) is 0 Å². The monoisotopic (exact) mass is 226 g/mol. The lowest BCUT2D eigenvalue weighted by molar-refractivity contribution is 0.413. The van der Waals surface area contributed by atoms with Crippen molar-refractivity contribution in [1.82, 2.24) is 9.97 Å². The summed E-state index contributed by atoms with van der Waals surface area (Å²) in [6, 6.07) is 11.3. The lowest BCUT2D eigenvalue weighted by Gasteiger charge is -1.98. The number of hydrogen-bond donors (Lipinski definition) is 0. The molecule has 0 spiro atoms. The van der Waals surface area contributed by atoms with Crippen LogP contribution in [0.15, 0.2) is 47.0 Å². The zero-order chi connectivity index (χ0) is 11.7. The number of aromatic nitrogens is 2. The molecule has 0 aliphatic heterocycles. The third-order valence-corrected chi connectivity index (χ3v) is 2.49. The van der Waals surface area contributed by atoms with Crippen molar-refractivity contribution in [3.05, 3.63) is 42.6 Å². The fourth-order valence-electron chi connectivity index (χ4n) is 1.61. The SMILES string of the molecule is COc1ccc(-c2nc3ccccc3o2)nc1. The molecule has 0 unspecified atom stereocenters. The number of rotatable bonds is 2. The van der Waals surface area contributed by atoms with E-state index in [2.05, 4.69) is 9.97 Å². The van der Waals surface area contributed by atoms with Crippen LogP contribution in [0, 0.1) is 0 Å². The number of nitrogens with zero attached hydrogens (tertiary/aromatic N) is 2. The Hall–Kier alpha value is -2.36. The van der Waals surface area contributed by atoms with Crippen molar-refractivity contribution in [3.63, 3.8) is 0 Å². The zero-order valence-electron chi connectivity index (χ0n) is 9.25. The number of pyridine rings is 1. The van der Waals surface area contributed by atoms with Crippen molar-refractivity contribution in [3.8, 4) is 17.3 Å². The van der Waals surface area contributed by atoms with Gasteiger partial charge in [0, 0.05) is 0 Å². The van der Waals surface area contributed by atoms with Crippen molar-refractivity contribution in [2.75, 3.05) is 7.11 Å². The highest BCUT2D eigenvalue weighted by atomic mass is 16.5. The molecule has 0 bridgehead atoms. The van der Waals surface area contributed by atoms with Gasteiger partial charge in [0.05, 0.1) is 13.3 Å². The smallest absolute Gasteiger partial charge is 0.246 e. The quantitative estimate of drug-likeness (QED) is 0.674. The van der Waals surface area contributed by atoms with Gasteiger partial charge in [-0.25, -0.2) is 9.97 Å². The van der Waals surface area contributed by atoms with Crippen molar-refractivity contribution < 1.29 is 9.15 Å². The molecule has 4 nitrogen and oxygen atoms in total. The molecule has 84 valence electrons. The van der Waals surface area contributed by atoms with Gasteiger partial charge in [0.2, 0.25) is 5.89 Å². The van der Waals surface area contributed by atoms with Crippen LogP contribution in [-0.4, -0.2) is 17.1 Å². The molecule has 0 aliphatic carbocycles. The summed E-state index contributed by atoms with van der Waals surface area (Å²) in [5, 5.41) is 0. The van der Waals surface area contributed by atoms with Gasteiger partial charge in [0.1, 0.15) is 17.0 Å². The highest BCUT2D eigenvalue weighted by Crippen LogP contribution is 2.23. The molecule has 0 saturated heterocycles. The van der Waals surface area contributed by atoms with Gasteiger partial charge in [-0.3, -0.25) is 0 Å². The Labute approximate surface area is 97.9 Å². The van der Waals surface area contributed by atoms with Crippen LogP contribution >= 0.6 is 0 Å². The van der Waals surface area contributed by atoms with Crippen molar-refractivity contribution in [1.29, 1.82) is 0 Å². The molecule has 0 amide bonds. The highest BCUT2D eigenvalue weighted by molar-refractivity contribution is 5.75. The largest absolute Gasteiger partial charge is 0.495 e. The number of oxazole rings is 1. The van der Waals surface area contributed by atoms with Crippen LogP contribution < -0.4 is 4.74 Å². The van der Waals surface area contributed by atoms with E-state index in [-0.39, 0.29) is 0 Å². The molecule has 0 N–H and O–H groups in total. The predicted octanol–water partition coefficient (Wildman–Crippen LogP) is 2.90. The standard InChI is InChI=1S/C13H10N2O2/c1-16-9-6-7-11(14-8-9)13-15-10-4-2-3-5-12(10)17-13/h2-8H,1H3. The van der Waals surface area contributed by atoms with Gasteiger partial charge in [-0.1, -0.05) is 12.1 Å². The molecule has 3 rings (SSSR count). The first-order valence-corrected chi connectivity index (χ1v) is 5.23. The van der Waals surface area contributed by atoms with Gasteiger partial charge >= 0.3 is 0 Å². The lowest BCUT2D eigenvalue weighted by atomic mass is 10.3. The molecule has 3 aromatic rings. The summed E-state index contributed by atoms with van der Waals surface area (Å²) in [6.07, 6.45) is 1.64. The second-order valence-electron chi connectivity index (χ2n) is 3.57. The first-order chi connectivity index (χ1) is 8.36. The van der Waals surface area contributed by atoms with Gasteiger partial charge < -0.3 is 9.15 Å². The highest BCUT2D eigenvalue weighted by Gasteiger charge is 2.08. The van der Waals surface area contributed by atoms with E-state index < -0.39 is 0 Å². The predicted molar refractivity (Wildman–Crippen MR) is 63.8 cm³/mol. The first-order valence-electron chi connectivity index (χ1n) is 5.23. The molecule has 1 aromatic carbocycles. The first kappa shape index (κ1) is 9.84. The van der Waals surface area contributed by atoms with Gasteiger partial charge in [-0.15, -0.1) is 0 Å². The van der Waals surface area contributed by atoms with E-state index in [1.165, 1.54) is 0 Å². The summed E-state index contributed by atoms with van der Waals surface area (Å²) in [4.78, 5) is 8.60. The molecule has 2 aromatic heterocycles. The van der Waals surface area contributed by atoms with Crippen LogP contribution in [-0.2, 0) is 0 Å². The Morgan fingerprint density at radius 3 is 2.71 bits per heavy atom. The third-order valence-electron chi connectivity index (χ3n) is 2.49. The van der Waals surface area contributed by atoms with Crippen LogP contribution in [0.5, 0.6) is 5.75 Å². The molecule has 17 heavy (non-hydrogen) atoms. The second kappa shape index (κ2) is 3.90. The van der Waals surface area contributed by atoms with E-state index >= 15 is 0 Å². The van der Waals surface area contributed by atoms with Crippen LogP contribution in [0.1, 0.15) is 0 Å².